The number of oxazole rings is 1. The minimum absolute atomic E-state index is 0.213. The first-order chi connectivity index (χ1) is 9.75. The molecular formula is C15H15ClN2O2. The van der Waals surface area contributed by atoms with E-state index in [9.17, 15) is 5.11 Å². The number of aromatic nitrogens is 1. The maximum Gasteiger partial charge on any atom is 0.312 e. The minimum atomic E-state index is -0.225. The molecule has 0 radical (unpaired) electrons. The van der Waals surface area contributed by atoms with Crippen LogP contribution in [0.15, 0.2) is 39.7 Å². The summed E-state index contributed by atoms with van der Waals surface area (Å²) in [6, 6.07) is 9.45. The molecule has 0 bridgehead atoms. The Balaban J connectivity index is 1.99. The maximum atomic E-state index is 9.99. The number of rotatable bonds is 2. The van der Waals surface area contributed by atoms with Crippen LogP contribution in [0.3, 0.4) is 0 Å². The van der Waals surface area contributed by atoms with Crippen LogP contribution in [-0.2, 0) is 0 Å². The fourth-order valence-electron chi connectivity index (χ4n) is 2.28. The molecule has 2 heterocycles. The van der Waals surface area contributed by atoms with Crippen LogP contribution in [-0.4, -0.2) is 27.7 Å². The number of benzene rings is 1. The summed E-state index contributed by atoms with van der Waals surface area (Å²) in [4.78, 5) is 8.81. The Hall–Kier alpha value is -1.81. The summed E-state index contributed by atoms with van der Waals surface area (Å²) in [5.74, 6) is 0.170. The first-order valence-electron chi connectivity index (χ1n) is 6.69. The van der Waals surface area contributed by atoms with Crippen molar-refractivity contribution >= 4 is 17.3 Å². The first-order valence-corrected chi connectivity index (χ1v) is 7.13. The van der Waals surface area contributed by atoms with E-state index in [4.69, 9.17) is 16.0 Å². The highest BCUT2D eigenvalue weighted by Crippen LogP contribution is 2.29. The van der Waals surface area contributed by atoms with Gasteiger partial charge in [0.25, 0.3) is 0 Å². The molecule has 0 spiro atoms. The van der Waals surface area contributed by atoms with Gasteiger partial charge in [-0.05, 0) is 31.4 Å². The van der Waals surface area contributed by atoms with Gasteiger partial charge in [-0.3, -0.25) is 4.99 Å². The Kier molecular flexibility index (Phi) is 3.74. The van der Waals surface area contributed by atoms with E-state index in [1.165, 1.54) is 0 Å². The fraction of sp³-hybridized carbons (Fsp3) is 0.333. The SMILES string of the molecule is Oc1oc(-c2ccccc2)nc1C1=NCCCCC1Cl. The van der Waals surface area contributed by atoms with Crippen molar-refractivity contribution in [2.75, 3.05) is 6.54 Å². The monoisotopic (exact) mass is 290 g/mol. The molecule has 3 rings (SSSR count). The zero-order valence-corrected chi connectivity index (χ0v) is 11.7. The minimum Gasteiger partial charge on any atom is -0.479 e. The maximum absolute atomic E-state index is 9.99. The number of hydrogen-bond donors (Lipinski definition) is 1. The molecule has 1 N–H and O–H groups in total. The van der Waals surface area contributed by atoms with E-state index in [1.807, 2.05) is 30.3 Å². The summed E-state index contributed by atoms with van der Waals surface area (Å²) in [5.41, 5.74) is 1.81. The molecule has 1 aliphatic heterocycles. The highest BCUT2D eigenvalue weighted by Gasteiger charge is 2.25. The first kappa shape index (κ1) is 13.2. The average molecular weight is 291 g/mol. The molecule has 20 heavy (non-hydrogen) atoms. The Labute approximate surface area is 122 Å². The number of alkyl halides is 1. The number of hydrogen-bond acceptors (Lipinski definition) is 4. The third kappa shape index (κ3) is 2.56. The van der Waals surface area contributed by atoms with Crippen LogP contribution in [0.5, 0.6) is 5.95 Å². The second kappa shape index (κ2) is 5.67. The molecule has 2 aromatic rings. The summed E-state index contributed by atoms with van der Waals surface area (Å²) in [5, 5.41) is 9.76. The van der Waals surface area contributed by atoms with Crippen molar-refractivity contribution in [3.05, 3.63) is 36.0 Å². The van der Waals surface area contributed by atoms with Gasteiger partial charge in [0, 0.05) is 12.1 Å². The molecule has 4 nitrogen and oxygen atoms in total. The van der Waals surface area contributed by atoms with Crippen LogP contribution in [0.25, 0.3) is 11.5 Å². The predicted octanol–water partition coefficient (Wildman–Crippen LogP) is 3.63. The quantitative estimate of drug-likeness (QED) is 0.859. The van der Waals surface area contributed by atoms with Gasteiger partial charge >= 0.3 is 5.95 Å². The molecule has 0 aliphatic carbocycles. The lowest BCUT2D eigenvalue weighted by Crippen LogP contribution is -2.15. The third-order valence-corrected chi connectivity index (χ3v) is 3.74. The van der Waals surface area contributed by atoms with E-state index in [-0.39, 0.29) is 11.3 Å². The number of nitrogens with zero attached hydrogens (tertiary/aromatic N) is 2. The smallest absolute Gasteiger partial charge is 0.312 e. The molecular weight excluding hydrogens is 276 g/mol. The molecule has 5 heteroatoms. The van der Waals surface area contributed by atoms with Crippen LogP contribution in [0.2, 0.25) is 0 Å². The lowest BCUT2D eigenvalue weighted by molar-refractivity contribution is 0.336. The number of aliphatic imine (C=N–C) groups is 1. The highest BCUT2D eigenvalue weighted by molar-refractivity contribution is 6.35. The lowest BCUT2D eigenvalue weighted by Gasteiger charge is -2.06. The van der Waals surface area contributed by atoms with E-state index >= 15 is 0 Å². The van der Waals surface area contributed by atoms with Gasteiger partial charge in [-0.15, -0.1) is 11.6 Å². The second-order valence-electron chi connectivity index (χ2n) is 4.77. The van der Waals surface area contributed by atoms with Crippen molar-refractivity contribution in [3.63, 3.8) is 0 Å². The van der Waals surface area contributed by atoms with Crippen molar-refractivity contribution in [3.8, 4) is 17.4 Å². The summed E-state index contributed by atoms with van der Waals surface area (Å²) < 4.78 is 5.35. The molecule has 0 saturated carbocycles. The van der Waals surface area contributed by atoms with Gasteiger partial charge in [-0.25, -0.2) is 4.98 Å². The summed E-state index contributed by atoms with van der Waals surface area (Å²) in [6.45, 7) is 0.714. The third-order valence-electron chi connectivity index (χ3n) is 3.32. The van der Waals surface area contributed by atoms with E-state index < -0.39 is 0 Å². The largest absolute Gasteiger partial charge is 0.479 e. The summed E-state index contributed by atoms with van der Waals surface area (Å²) >= 11 is 6.33. The van der Waals surface area contributed by atoms with Gasteiger partial charge in [-0.2, -0.15) is 0 Å². The van der Waals surface area contributed by atoms with E-state index in [0.717, 1.165) is 24.8 Å². The predicted molar refractivity (Wildman–Crippen MR) is 78.5 cm³/mol. The van der Waals surface area contributed by atoms with Crippen LogP contribution in [0.1, 0.15) is 25.0 Å². The molecule has 104 valence electrons. The molecule has 0 fully saturated rings. The topological polar surface area (TPSA) is 58.6 Å². The number of aromatic hydroxyl groups is 1. The van der Waals surface area contributed by atoms with Crippen molar-refractivity contribution in [1.29, 1.82) is 0 Å². The molecule has 1 atom stereocenters. The van der Waals surface area contributed by atoms with E-state index in [0.29, 0.717) is 23.8 Å². The van der Waals surface area contributed by atoms with Crippen molar-refractivity contribution in [1.82, 2.24) is 4.98 Å². The summed E-state index contributed by atoms with van der Waals surface area (Å²) in [6.07, 6.45) is 2.88. The molecule has 1 aromatic heterocycles. The van der Waals surface area contributed by atoms with Crippen molar-refractivity contribution < 1.29 is 9.52 Å². The van der Waals surface area contributed by atoms with Crippen LogP contribution in [0, 0.1) is 0 Å². The van der Waals surface area contributed by atoms with Gasteiger partial charge in [0.15, 0.2) is 5.69 Å². The standard InChI is InChI=1S/C15H15ClN2O2/c16-11-8-4-5-9-17-12(11)13-15(19)20-14(18-13)10-6-2-1-3-7-10/h1-3,6-7,11,19H,4-5,8-9H2. The van der Waals surface area contributed by atoms with Crippen LogP contribution in [0.4, 0.5) is 0 Å². The fourth-order valence-corrected chi connectivity index (χ4v) is 2.60. The zero-order valence-electron chi connectivity index (χ0n) is 10.9. The van der Waals surface area contributed by atoms with Crippen LogP contribution < -0.4 is 0 Å². The Bertz CT molecular complexity index is 622. The normalized spacial score (nSPS) is 19.4. The molecule has 0 saturated heterocycles. The van der Waals surface area contributed by atoms with Crippen molar-refractivity contribution in [2.45, 2.75) is 24.6 Å². The molecule has 1 unspecified atom stereocenters. The van der Waals surface area contributed by atoms with Gasteiger partial charge in [-0.1, -0.05) is 18.2 Å². The molecule has 1 aromatic carbocycles. The lowest BCUT2D eigenvalue weighted by atomic mass is 10.1. The number of halogens is 1. The highest BCUT2D eigenvalue weighted by atomic mass is 35.5. The van der Waals surface area contributed by atoms with Gasteiger partial charge in [0.05, 0.1) is 11.1 Å². The molecule has 0 amide bonds. The Morgan fingerprint density at radius 2 is 2.00 bits per heavy atom. The van der Waals surface area contributed by atoms with Gasteiger partial charge < -0.3 is 9.52 Å². The Morgan fingerprint density at radius 3 is 2.80 bits per heavy atom. The van der Waals surface area contributed by atoms with Gasteiger partial charge in [0.1, 0.15) is 0 Å². The summed E-state index contributed by atoms with van der Waals surface area (Å²) in [7, 11) is 0. The average Bonchev–Trinajstić information content (AvgIpc) is 2.72. The van der Waals surface area contributed by atoms with E-state index in [1.54, 1.807) is 0 Å². The second-order valence-corrected chi connectivity index (χ2v) is 5.30. The van der Waals surface area contributed by atoms with Gasteiger partial charge in [0.2, 0.25) is 5.89 Å². The van der Waals surface area contributed by atoms with Crippen LogP contribution >= 0.6 is 11.6 Å². The zero-order chi connectivity index (χ0) is 13.9. The Morgan fingerprint density at radius 1 is 1.20 bits per heavy atom. The molecule has 1 aliphatic rings. The van der Waals surface area contributed by atoms with Crippen molar-refractivity contribution in [2.24, 2.45) is 4.99 Å². The van der Waals surface area contributed by atoms with E-state index in [2.05, 4.69) is 9.98 Å².